The Hall–Kier alpha value is -6.51. The van der Waals surface area contributed by atoms with Crippen LogP contribution in [-0.2, 0) is 6.54 Å². The average Bonchev–Trinajstić information content (AvgIpc) is 4.29. The van der Waals surface area contributed by atoms with Crippen LogP contribution in [-0.4, -0.2) is 212 Å². The van der Waals surface area contributed by atoms with Gasteiger partial charge in [0.1, 0.15) is 49.4 Å². The molecule has 8 heterocycles. The molecule has 0 aliphatic carbocycles. The Bertz CT molecular complexity index is 2670. The third kappa shape index (κ3) is 16.3. The number of hydrogen-bond acceptors (Lipinski definition) is 18. The van der Waals surface area contributed by atoms with Gasteiger partial charge in [0.15, 0.2) is 0 Å². The Kier molecular flexibility index (Phi) is 20.9. The highest BCUT2D eigenvalue weighted by Crippen LogP contribution is 2.36. The summed E-state index contributed by atoms with van der Waals surface area (Å²) in [5.74, 6) is 3.67. The summed E-state index contributed by atoms with van der Waals surface area (Å²) in [6, 6.07) is 25.2. The molecule has 0 spiro atoms. The predicted molar refractivity (Wildman–Crippen MR) is 328 cm³/mol. The quantitative estimate of drug-likeness (QED) is 0.0905. The van der Waals surface area contributed by atoms with Crippen molar-refractivity contribution in [3.63, 3.8) is 0 Å². The molecule has 1 aromatic heterocycles. The number of likely N-dealkylation sites (tertiary alicyclic amines) is 3. The zero-order chi connectivity index (χ0) is 55.8. The molecule has 3 saturated heterocycles. The predicted octanol–water partition coefficient (Wildman–Crippen LogP) is 5.91. The van der Waals surface area contributed by atoms with E-state index in [1.54, 1.807) is 6.20 Å². The number of likely N-dealkylation sites (N-methyl/N-ethyl adjacent to an activating group) is 2. The van der Waals surface area contributed by atoms with Crippen LogP contribution >= 0.6 is 0 Å². The normalized spacial score (nSPS) is 19.8. The summed E-state index contributed by atoms with van der Waals surface area (Å²) in [6.45, 7) is 22.7. The van der Waals surface area contributed by atoms with Gasteiger partial charge in [-0.2, -0.15) is 0 Å². The molecule has 4 aromatic carbocycles. The van der Waals surface area contributed by atoms with Crippen LogP contribution in [0.25, 0.3) is 0 Å². The van der Waals surface area contributed by atoms with E-state index in [0.717, 1.165) is 149 Å². The van der Waals surface area contributed by atoms with Gasteiger partial charge in [0.25, 0.3) is 0 Å². The second kappa shape index (κ2) is 28.8. The van der Waals surface area contributed by atoms with E-state index in [4.69, 9.17) is 41.9 Å². The van der Waals surface area contributed by atoms with E-state index in [-0.39, 0.29) is 0 Å². The number of nitrogen functional groups attached to an aromatic ring is 4. The van der Waals surface area contributed by atoms with Gasteiger partial charge in [-0.25, -0.2) is 4.98 Å². The first-order valence-corrected chi connectivity index (χ1v) is 29.5. The van der Waals surface area contributed by atoms with E-state index in [0.29, 0.717) is 12.6 Å². The lowest BCUT2D eigenvalue weighted by atomic mass is 10.1. The molecule has 8 N–H and O–H groups in total. The van der Waals surface area contributed by atoms with Gasteiger partial charge in [0.05, 0.1) is 55.3 Å². The number of aromatic nitrogens is 2. The first-order chi connectivity index (χ1) is 38.9. The number of nitrogens with two attached hydrogens (primary N) is 4. The van der Waals surface area contributed by atoms with Crippen LogP contribution in [0, 0.1) is 0 Å². The Morgan fingerprint density at radius 2 is 0.825 bits per heavy atom. The minimum Gasteiger partial charge on any atom is -0.489 e. The summed E-state index contributed by atoms with van der Waals surface area (Å²) in [7, 11) is 8.72. The first kappa shape index (κ1) is 58.2. The van der Waals surface area contributed by atoms with Crippen LogP contribution in [0.15, 0.2) is 91.5 Å². The third-order valence-corrected chi connectivity index (χ3v) is 16.6. The van der Waals surface area contributed by atoms with Crippen LogP contribution in [0.4, 0.5) is 45.5 Å². The molecule has 19 heteroatoms. The monoisotopic (exact) mass is 1100 g/mol. The summed E-state index contributed by atoms with van der Waals surface area (Å²) >= 11 is 0. The van der Waals surface area contributed by atoms with E-state index in [2.05, 4.69) is 100 Å². The van der Waals surface area contributed by atoms with Crippen LogP contribution < -0.4 is 61.5 Å². The second-order valence-corrected chi connectivity index (χ2v) is 22.7. The fourth-order valence-electron chi connectivity index (χ4n) is 11.8. The van der Waals surface area contributed by atoms with Gasteiger partial charge >= 0.3 is 0 Å². The third-order valence-electron chi connectivity index (χ3n) is 16.6. The molecule has 2 unspecified atom stereocenters. The molecule has 12 rings (SSSR count). The van der Waals surface area contributed by atoms with Crippen LogP contribution in [0.2, 0.25) is 0 Å². The molecule has 0 saturated carbocycles. The largest absolute Gasteiger partial charge is 0.489 e. The van der Waals surface area contributed by atoms with Gasteiger partial charge in [0, 0.05) is 130 Å². The Labute approximate surface area is 476 Å². The Morgan fingerprint density at radius 1 is 0.438 bits per heavy atom. The van der Waals surface area contributed by atoms with Crippen molar-refractivity contribution in [1.29, 1.82) is 0 Å². The molecular formula is C61H93N15O4. The van der Waals surface area contributed by atoms with Crippen LogP contribution in [0.1, 0.15) is 38.5 Å². The van der Waals surface area contributed by atoms with Gasteiger partial charge in [-0.05, 0) is 142 Å². The Balaban J connectivity index is 0.000000129. The van der Waals surface area contributed by atoms with Gasteiger partial charge in [0.2, 0.25) is 0 Å². The maximum Gasteiger partial charge on any atom is 0.144 e. The molecule has 436 valence electrons. The summed E-state index contributed by atoms with van der Waals surface area (Å²) in [4.78, 5) is 26.1. The van der Waals surface area contributed by atoms with Crippen molar-refractivity contribution < 1.29 is 18.9 Å². The highest BCUT2D eigenvalue weighted by atomic mass is 16.5. The van der Waals surface area contributed by atoms with Gasteiger partial charge in [-0.1, -0.05) is 6.42 Å². The summed E-state index contributed by atoms with van der Waals surface area (Å²) in [5.41, 5.74) is 31.0. The number of nitrogens with zero attached hydrogens (tertiary/aromatic N) is 11. The number of anilines is 8. The van der Waals surface area contributed by atoms with Gasteiger partial charge in [-0.3, -0.25) is 4.90 Å². The maximum atomic E-state index is 5.84. The number of ether oxygens (including phenoxy) is 4. The fraction of sp³-hybridized carbons (Fsp3) is 0.557. The minimum atomic E-state index is 0.709. The molecule has 19 nitrogen and oxygen atoms in total. The summed E-state index contributed by atoms with van der Waals surface area (Å²) in [6.07, 6.45) is 13.5. The van der Waals surface area contributed by atoms with Crippen molar-refractivity contribution in [2.45, 2.75) is 57.2 Å². The summed E-state index contributed by atoms with van der Waals surface area (Å²) in [5, 5.41) is 0. The van der Waals surface area contributed by atoms with Crippen LogP contribution in [0.3, 0.4) is 0 Å². The van der Waals surface area contributed by atoms with Crippen molar-refractivity contribution in [1.82, 2.24) is 34.1 Å². The van der Waals surface area contributed by atoms with E-state index in [9.17, 15) is 0 Å². The van der Waals surface area contributed by atoms with Crippen molar-refractivity contribution in [2.75, 3.05) is 208 Å². The lowest BCUT2D eigenvalue weighted by Gasteiger charge is -2.34. The lowest BCUT2D eigenvalue weighted by Crippen LogP contribution is -2.41. The molecule has 5 aromatic rings. The van der Waals surface area contributed by atoms with Crippen molar-refractivity contribution in [3.05, 3.63) is 91.5 Å². The standard InChI is InChI=1S/C17H28N4O.C16H26N4O.C15H23N3O.C13H16N4O/c1-19(2)15-6-9-20(13-15)7-3-8-21-10-11-22-17-12-14(18)4-5-16(17)21;1-18(2)14-5-6-19(12-14)7-8-20-9-10-21-16-11-13(17)3-4-15(16)20;16-13-4-5-14-15(12-13)19-11-10-18(14)9-8-17-6-2-1-3-7-17;14-11-1-2-12-13(9-11)18-8-7-17(12)6-5-16-4-3-15-10-16/h4-5,12,15H,3,6-11,13,18H2,1-2H3;3-4,11,14H,5-10,12,17H2,1-2H3;4-5,12H,1-3,6-11,16H2;1-4,9-10H,5-8,14H2. The summed E-state index contributed by atoms with van der Waals surface area (Å²) < 4.78 is 24.8. The molecule has 7 aliphatic rings. The van der Waals surface area contributed by atoms with E-state index in [1.807, 2.05) is 67.1 Å². The lowest BCUT2D eigenvalue weighted by molar-refractivity contribution is 0.229. The molecule has 2 atom stereocenters. The average molecular weight is 1100 g/mol. The number of benzene rings is 4. The SMILES string of the molecule is CN(C)C1CCN(CCCN2CCOc3cc(N)ccc32)C1.CN(C)C1CCN(CCN2CCOc3cc(N)ccc32)C1.Nc1ccc2c(c1)OCCN2CCN1CCCCC1.Nc1ccc2c(c1)OCCN2CCn1ccnc1. The van der Waals surface area contributed by atoms with E-state index >= 15 is 0 Å². The zero-order valence-electron chi connectivity index (χ0n) is 48.5. The molecule has 7 aliphatic heterocycles. The molecule has 0 bridgehead atoms. The second-order valence-electron chi connectivity index (χ2n) is 22.7. The number of piperidine rings is 1. The smallest absolute Gasteiger partial charge is 0.144 e. The fourth-order valence-corrected chi connectivity index (χ4v) is 11.8. The number of imidazole rings is 1. The Morgan fingerprint density at radius 3 is 1.21 bits per heavy atom. The number of rotatable bonds is 15. The minimum absolute atomic E-state index is 0.709. The van der Waals surface area contributed by atoms with Crippen molar-refractivity contribution in [3.8, 4) is 23.0 Å². The molecule has 3 fully saturated rings. The molecule has 80 heavy (non-hydrogen) atoms. The highest BCUT2D eigenvalue weighted by Gasteiger charge is 2.27. The molecular weight excluding hydrogens is 1010 g/mol. The highest BCUT2D eigenvalue weighted by molar-refractivity contribution is 5.68. The van der Waals surface area contributed by atoms with Gasteiger partial charge in [-0.15, -0.1) is 0 Å². The molecule has 0 amide bonds. The van der Waals surface area contributed by atoms with E-state index in [1.165, 1.54) is 101 Å². The number of fused-ring (bicyclic) bond motifs is 4. The topological polar surface area (TPSA) is 188 Å². The number of hydrogen-bond donors (Lipinski definition) is 4. The van der Waals surface area contributed by atoms with Crippen molar-refractivity contribution in [2.24, 2.45) is 0 Å². The van der Waals surface area contributed by atoms with E-state index < -0.39 is 0 Å². The maximum absolute atomic E-state index is 5.84. The first-order valence-electron chi connectivity index (χ1n) is 29.5. The van der Waals surface area contributed by atoms with Crippen molar-refractivity contribution >= 4 is 45.5 Å². The molecule has 0 radical (unpaired) electrons. The zero-order valence-corrected chi connectivity index (χ0v) is 48.5. The van der Waals surface area contributed by atoms with Crippen LogP contribution in [0.5, 0.6) is 23.0 Å². The van der Waals surface area contributed by atoms with Gasteiger partial charge < -0.3 is 85.6 Å².